The van der Waals surface area contributed by atoms with Crippen molar-refractivity contribution in [1.82, 2.24) is 0 Å². The first-order chi connectivity index (χ1) is 12.3. The molecule has 0 unspecified atom stereocenters. The van der Waals surface area contributed by atoms with Gasteiger partial charge in [-0.3, -0.25) is 0 Å². The molecule has 2 rings (SSSR count). The summed E-state index contributed by atoms with van der Waals surface area (Å²) in [5.41, 5.74) is -0.389. The summed E-state index contributed by atoms with van der Waals surface area (Å²) in [4.78, 5) is 24.4. The number of ether oxygens (including phenoxy) is 1. The highest BCUT2D eigenvalue weighted by molar-refractivity contribution is 6.81. The fraction of sp³-hybridized carbons (Fsp3) is 0.238. The monoisotopic (exact) mass is 368 g/mol. The Labute approximate surface area is 156 Å². The third-order valence-corrected chi connectivity index (χ3v) is 5.94. The Kier molecular flexibility index (Phi) is 6.52. The molecule has 2 aromatic rings. The molecule has 5 heteroatoms. The van der Waals surface area contributed by atoms with Gasteiger partial charge in [0, 0.05) is 11.6 Å². The van der Waals surface area contributed by atoms with E-state index in [0.717, 1.165) is 10.4 Å². The van der Waals surface area contributed by atoms with Gasteiger partial charge >= 0.3 is 21.0 Å². The van der Waals surface area contributed by atoms with Crippen LogP contribution in [0.5, 0.6) is 0 Å². The normalized spacial score (nSPS) is 12.0. The Morgan fingerprint density at radius 3 is 1.77 bits per heavy atom. The van der Waals surface area contributed by atoms with Crippen molar-refractivity contribution in [1.29, 1.82) is 0 Å². The van der Waals surface area contributed by atoms with Crippen LogP contribution in [-0.4, -0.2) is 26.6 Å². The Morgan fingerprint density at radius 2 is 1.35 bits per heavy atom. The highest BCUT2D eigenvalue weighted by Gasteiger charge is 2.22. The van der Waals surface area contributed by atoms with Gasteiger partial charge in [0.2, 0.25) is 0 Å². The summed E-state index contributed by atoms with van der Waals surface area (Å²) in [5, 5.41) is 1.99. The first kappa shape index (κ1) is 19.7. The molecule has 0 N–H and O–H groups in total. The third-order valence-electron chi connectivity index (χ3n) is 3.49. The zero-order valence-corrected chi connectivity index (χ0v) is 16.7. The quantitative estimate of drug-likeness (QED) is 0.462. The summed E-state index contributed by atoms with van der Waals surface area (Å²) in [6.07, 6.45) is 1.21. The second-order valence-electron chi connectivity index (χ2n) is 6.97. The summed E-state index contributed by atoms with van der Waals surface area (Å²) in [5.74, 6) is -1.05. The molecule has 0 aliphatic rings. The number of benzene rings is 2. The molecule has 0 aromatic heterocycles. The highest BCUT2D eigenvalue weighted by atomic mass is 28.3. The fourth-order valence-corrected chi connectivity index (χ4v) is 4.43. The molecular formula is C21H24O4Si. The molecule has 26 heavy (non-hydrogen) atoms. The lowest BCUT2D eigenvalue weighted by molar-refractivity contribution is -0.150. The summed E-state index contributed by atoms with van der Waals surface area (Å²) in [6, 6.07) is 19.4. The number of esters is 1. The zero-order valence-electron chi connectivity index (χ0n) is 15.6. The van der Waals surface area contributed by atoms with Crippen LogP contribution in [0.2, 0.25) is 0 Å². The van der Waals surface area contributed by atoms with Crippen molar-refractivity contribution >= 4 is 31.4 Å². The summed E-state index contributed by atoms with van der Waals surface area (Å²) >= 11 is 0. The standard InChI is InChI=1S/C21H24O4Si/c1-16(20(23)24-21(2,3)4)15-19(22)25-26(17-11-7-5-8-12-17)18-13-9-6-10-14-18/h5-15,26H,1-4H3/b16-15-. The van der Waals surface area contributed by atoms with Gasteiger partial charge in [0.25, 0.3) is 0 Å². The first-order valence-corrected chi connectivity index (χ1v) is 10.1. The van der Waals surface area contributed by atoms with Gasteiger partial charge in [-0.25, -0.2) is 9.59 Å². The molecule has 0 amide bonds. The average molecular weight is 369 g/mol. The van der Waals surface area contributed by atoms with Crippen LogP contribution in [0.25, 0.3) is 0 Å². The SMILES string of the molecule is C/C(=C/C(=O)O[SiH](c1ccccc1)c1ccccc1)C(=O)OC(C)(C)C. The predicted molar refractivity (Wildman–Crippen MR) is 105 cm³/mol. The van der Waals surface area contributed by atoms with Crippen molar-refractivity contribution in [2.24, 2.45) is 0 Å². The maximum absolute atomic E-state index is 12.4. The van der Waals surface area contributed by atoms with Gasteiger partial charge in [-0.2, -0.15) is 0 Å². The van der Waals surface area contributed by atoms with Crippen LogP contribution in [0.15, 0.2) is 72.3 Å². The lowest BCUT2D eigenvalue weighted by atomic mass is 10.2. The van der Waals surface area contributed by atoms with Crippen LogP contribution >= 0.6 is 0 Å². The molecule has 0 aliphatic carbocycles. The van der Waals surface area contributed by atoms with Crippen molar-refractivity contribution in [2.45, 2.75) is 33.3 Å². The average Bonchev–Trinajstić information content (AvgIpc) is 2.59. The summed E-state index contributed by atoms with van der Waals surface area (Å²) in [6.45, 7) is 6.90. The predicted octanol–water partition coefficient (Wildman–Crippen LogP) is 2.36. The van der Waals surface area contributed by atoms with Crippen molar-refractivity contribution in [2.75, 3.05) is 0 Å². The second-order valence-corrected chi connectivity index (χ2v) is 9.30. The molecule has 0 bridgehead atoms. The molecule has 136 valence electrons. The zero-order chi connectivity index (χ0) is 19.2. The molecule has 0 fully saturated rings. The maximum Gasteiger partial charge on any atom is 0.334 e. The Balaban J connectivity index is 2.19. The Bertz CT molecular complexity index is 737. The summed E-state index contributed by atoms with van der Waals surface area (Å²) in [7, 11) is -2.19. The van der Waals surface area contributed by atoms with E-state index in [-0.39, 0.29) is 5.57 Å². The molecule has 0 radical (unpaired) electrons. The van der Waals surface area contributed by atoms with Gasteiger partial charge in [-0.05, 0) is 38.1 Å². The summed E-state index contributed by atoms with van der Waals surface area (Å²) < 4.78 is 11.1. The number of carbonyl (C=O) groups excluding carboxylic acids is 2. The van der Waals surface area contributed by atoms with Gasteiger partial charge in [-0.15, -0.1) is 0 Å². The number of rotatable bonds is 5. The minimum atomic E-state index is -2.19. The number of carbonyl (C=O) groups is 2. The minimum absolute atomic E-state index is 0.221. The van der Waals surface area contributed by atoms with E-state index in [1.807, 2.05) is 60.7 Å². The van der Waals surface area contributed by atoms with Crippen molar-refractivity contribution in [3.63, 3.8) is 0 Å². The molecule has 0 spiro atoms. The van der Waals surface area contributed by atoms with E-state index in [1.54, 1.807) is 27.7 Å². The molecule has 2 aromatic carbocycles. The molecular weight excluding hydrogens is 344 g/mol. The van der Waals surface area contributed by atoms with Gasteiger partial charge in [0.15, 0.2) is 0 Å². The molecule has 0 saturated carbocycles. The smallest absolute Gasteiger partial charge is 0.334 e. The van der Waals surface area contributed by atoms with E-state index in [4.69, 9.17) is 9.16 Å². The fourth-order valence-electron chi connectivity index (χ4n) is 2.33. The van der Waals surface area contributed by atoms with Crippen LogP contribution in [-0.2, 0) is 18.8 Å². The van der Waals surface area contributed by atoms with E-state index in [1.165, 1.54) is 6.08 Å². The lowest BCUT2D eigenvalue weighted by Gasteiger charge is -2.20. The molecule has 0 aliphatic heterocycles. The van der Waals surface area contributed by atoms with Crippen LogP contribution in [0, 0.1) is 0 Å². The first-order valence-electron chi connectivity index (χ1n) is 8.48. The molecule has 0 atom stereocenters. The Hall–Kier alpha value is -2.66. The van der Waals surface area contributed by atoms with Crippen LogP contribution in [0.4, 0.5) is 0 Å². The van der Waals surface area contributed by atoms with Gasteiger partial charge in [-0.1, -0.05) is 60.7 Å². The van der Waals surface area contributed by atoms with E-state index in [2.05, 4.69) is 0 Å². The van der Waals surface area contributed by atoms with Crippen molar-refractivity contribution < 1.29 is 18.8 Å². The van der Waals surface area contributed by atoms with Crippen molar-refractivity contribution in [3.8, 4) is 0 Å². The maximum atomic E-state index is 12.4. The van der Waals surface area contributed by atoms with E-state index >= 15 is 0 Å². The molecule has 0 saturated heterocycles. The van der Waals surface area contributed by atoms with Crippen molar-refractivity contribution in [3.05, 3.63) is 72.3 Å². The lowest BCUT2D eigenvalue weighted by Crippen LogP contribution is -2.46. The van der Waals surface area contributed by atoms with Gasteiger partial charge < -0.3 is 9.16 Å². The van der Waals surface area contributed by atoms with Crippen LogP contribution in [0.1, 0.15) is 27.7 Å². The molecule has 4 nitrogen and oxygen atoms in total. The van der Waals surface area contributed by atoms with E-state index in [9.17, 15) is 9.59 Å². The third kappa shape index (κ3) is 6.00. The second kappa shape index (κ2) is 8.63. The number of hydrogen-bond donors (Lipinski definition) is 0. The Morgan fingerprint density at radius 1 is 0.885 bits per heavy atom. The number of hydrogen-bond acceptors (Lipinski definition) is 4. The van der Waals surface area contributed by atoms with E-state index < -0.39 is 26.6 Å². The van der Waals surface area contributed by atoms with Gasteiger partial charge in [0.1, 0.15) is 5.60 Å². The topological polar surface area (TPSA) is 52.6 Å². The largest absolute Gasteiger partial charge is 0.510 e. The van der Waals surface area contributed by atoms with E-state index in [0.29, 0.717) is 0 Å². The van der Waals surface area contributed by atoms with Crippen LogP contribution < -0.4 is 10.4 Å². The molecule has 0 heterocycles. The highest BCUT2D eigenvalue weighted by Crippen LogP contribution is 2.10. The minimum Gasteiger partial charge on any atom is -0.510 e. The van der Waals surface area contributed by atoms with Crippen LogP contribution in [0.3, 0.4) is 0 Å². The van der Waals surface area contributed by atoms with Gasteiger partial charge in [0.05, 0.1) is 0 Å².